The van der Waals surface area contributed by atoms with Gasteiger partial charge in [-0.05, 0) is 43.9 Å². The summed E-state index contributed by atoms with van der Waals surface area (Å²) in [6.07, 6.45) is 3.87. The number of nitrogens with one attached hydrogen (secondary N) is 1. The molecule has 1 aliphatic carbocycles. The quantitative estimate of drug-likeness (QED) is 0.770. The van der Waals surface area contributed by atoms with Crippen molar-refractivity contribution < 1.29 is 18.0 Å². The molecule has 0 atom stereocenters. The van der Waals surface area contributed by atoms with Crippen molar-refractivity contribution in [1.82, 2.24) is 9.62 Å². The molecule has 1 saturated heterocycles. The third kappa shape index (κ3) is 3.91. The molecule has 2 aliphatic rings. The van der Waals surface area contributed by atoms with Gasteiger partial charge in [0.05, 0.1) is 17.0 Å². The number of ketones is 1. The average Bonchev–Trinajstić information content (AvgIpc) is 3.33. The smallest absolute Gasteiger partial charge is 0.253 e. The molecule has 142 valence electrons. The Labute approximate surface area is 154 Å². The molecule has 0 spiro atoms. The van der Waals surface area contributed by atoms with Gasteiger partial charge in [-0.1, -0.05) is 0 Å². The fourth-order valence-electron chi connectivity index (χ4n) is 3.11. The van der Waals surface area contributed by atoms with Gasteiger partial charge in [0.15, 0.2) is 5.78 Å². The number of amides is 1. The van der Waals surface area contributed by atoms with E-state index in [1.807, 2.05) is 0 Å². The van der Waals surface area contributed by atoms with Crippen LogP contribution in [-0.4, -0.2) is 58.1 Å². The molecule has 3 rings (SSSR count). The van der Waals surface area contributed by atoms with E-state index in [-0.39, 0.29) is 23.1 Å². The average molecular weight is 379 g/mol. The van der Waals surface area contributed by atoms with Crippen LogP contribution < -0.4 is 10.2 Å². The molecule has 0 aromatic heterocycles. The van der Waals surface area contributed by atoms with Crippen molar-refractivity contribution >= 4 is 27.4 Å². The van der Waals surface area contributed by atoms with Crippen LogP contribution in [0.25, 0.3) is 0 Å². The number of carbonyl (C=O) groups is 2. The lowest BCUT2D eigenvalue weighted by Gasteiger charge is -2.22. The molecule has 1 aromatic rings. The summed E-state index contributed by atoms with van der Waals surface area (Å²) in [5.74, 6) is -0.288. The number of carbonyl (C=O) groups excluding carboxylic acids is 2. The van der Waals surface area contributed by atoms with Crippen LogP contribution in [0.5, 0.6) is 0 Å². The van der Waals surface area contributed by atoms with Crippen molar-refractivity contribution in [2.24, 2.45) is 5.92 Å². The minimum absolute atomic E-state index is 0.00635. The molecule has 2 fully saturated rings. The summed E-state index contributed by atoms with van der Waals surface area (Å²) < 4.78 is 26.0. The summed E-state index contributed by atoms with van der Waals surface area (Å²) in [5, 5.41) is 2.67. The van der Waals surface area contributed by atoms with Crippen molar-refractivity contribution in [3.8, 4) is 0 Å². The van der Waals surface area contributed by atoms with Crippen LogP contribution in [0.1, 0.15) is 36.0 Å². The zero-order chi connectivity index (χ0) is 18.9. The van der Waals surface area contributed by atoms with Crippen LogP contribution in [0.2, 0.25) is 0 Å². The van der Waals surface area contributed by atoms with E-state index in [1.165, 1.54) is 26.2 Å². The third-order valence-electron chi connectivity index (χ3n) is 4.89. The molecule has 0 radical (unpaired) electrons. The first kappa shape index (κ1) is 18.8. The van der Waals surface area contributed by atoms with Crippen LogP contribution >= 0.6 is 0 Å². The summed E-state index contributed by atoms with van der Waals surface area (Å²) in [7, 11) is -0.728. The van der Waals surface area contributed by atoms with Crippen LogP contribution in [0.15, 0.2) is 23.1 Å². The molecule has 1 amide bonds. The zero-order valence-electron chi connectivity index (χ0n) is 15.2. The molecule has 1 heterocycles. The van der Waals surface area contributed by atoms with Gasteiger partial charge in [-0.25, -0.2) is 12.7 Å². The second-order valence-electron chi connectivity index (χ2n) is 7.08. The number of sulfonamides is 1. The SMILES string of the molecule is CN(C)S(=O)(=O)c1ccc(N2CCCC2)c(C(=O)NCC(=O)C2CC2)c1. The number of rotatable bonds is 7. The van der Waals surface area contributed by atoms with Gasteiger partial charge in [-0.15, -0.1) is 0 Å². The molecular weight excluding hydrogens is 354 g/mol. The Hall–Kier alpha value is -1.93. The molecule has 1 aliphatic heterocycles. The van der Waals surface area contributed by atoms with Gasteiger partial charge in [0.1, 0.15) is 0 Å². The third-order valence-corrected chi connectivity index (χ3v) is 6.70. The fourth-order valence-corrected chi connectivity index (χ4v) is 4.04. The van der Waals surface area contributed by atoms with E-state index in [0.29, 0.717) is 5.56 Å². The Morgan fingerprint density at radius 3 is 2.42 bits per heavy atom. The number of hydrogen-bond acceptors (Lipinski definition) is 5. The van der Waals surface area contributed by atoms with E-state index in [0.717, 1.165) is 48.8 Å². The molecule has 8 heteroatoms. The van der Waals surface area contributed by atoms with Gasteiger partial charge in [0.25, 0.3) is 5.91 Å². The van der Waals surface area contributed by atoms with Gasteiger partial charge in [-0.3, -0.25) is 9.59 Å². The zero-order valence-corrected chi connectivity index (χ0v) is 16.0. The fraction of sp³-hybridized carbons (Fsp3) is 0.556. The second-order valence-corrected chi connectivity index (χ2v) is 9.24. The number of benzene rings is 1. The molecule has 1 saturated carbocycles. The normalized spacial score (nSPS) is 17.6. The first-order chi connectivity index (χ1) is 12.3. The van der Waals surface area contributed by atoms with E-state index in [4.69, 9.17) is 0 Å². The Bertz CT molecular complexity index is 810. The van der Waals surface area contributed by atoms with Crippen LogP contribution in [0.4, 0.5) is 5.69 Å². The molecule has 26 heavy (non-hydrogen) atoms. The standard InChI is InChI=1S/C18H25N3O4S/c1-20(2)26(24,25)14-7-8-16(21-9-3-4-10-21)15(11-14)18(23)19-12-17(22)13-5-6-13/h7-8,11,13H,3-6,9-10,12H2,1-2H3,(H,19,23). The van der Waals surface area contributed by atoms with Crippen molar-refractivity contribution in [1.29, 1.82) is 0 Å². The first-order valence-corrected chi connectivity index (χ1v) is 10.4. The topological polar surface area (TPSA) is 86.8 Å². The highest BCUT2D eigenvalue weighted by molar-refractivity contribution is 7.89. The summed E-state index contributed by atoms with van der Waals surface area (Å²) >= 11 is 0. The van der Waals surface area contributed by atoms with Gasteiger partial charge in [-0.2, -0.15) is 0 Å². The Morgan fingerprint density at radius 2 is 1.85 bits per heavy atom. The van der Waals surface area contributed by atoms with E-state index in [9.17, 15) is 18.0 Å². The van der Waals surface area contributed by atoms with Gasteiger partial charge < -0.3 is 10.2 Å². The molecular formula is C18H25N3O4S. The lowest BCUT2D eigenvalue weighted by molar-refractivity contribution is -0.119. The van der Waals surface area contributed by atoms with E-state index in [2.05, 4.69) is 10.2 Å². The van der Waals surface area contributed by atoms with Crippen molar-refractivity contribution in [3.63, 3.8) is 0 Å². The van der Waals surface area contributed by atoms with E-state index >= 15 is 0 Å². The Kier molecular flexibility index (Phi) is 5.34. The maximum Gasteiger partial charge on any atom is 0.253 e. The number of Topliss-reactive ketones (excluding diaryl/α,β-unsaturated/α-hetero) is 1. The highest BCUT2D eigenvalue weighted by Crippen LogP contribution is 2.30. The highest BCUT2D eigenvalue weighted by atomic mass is 32.2. The Balaban J connectivity index is 1.89. The van der Waals surface area contributed by atoms with Crippen molar-refractivity contribution in [2.45, 2.75) is 30.6 Å². The summed E-state index contributed by atoms with van der Waals surface area (Å²) in [4.78, 5) is 26.8. The molecule has 7 nitrogen and oxygen atoms in total. The summed E-state index contributed by atoms with van der Waals surface area (Å²) in [6, 6.07) is 4.65. The van der Waals surface area contributed by atoms with Crippen molar-refractivity contribution in [3.05, 3.63) is 23.8 Å². The number of nitrogens with zero attached hydrogens (tertiary/aromatic N) is 2. The number of anilines is 1. The van der Waals surface area contributed by atoms with Crippen LogP contribution in [-0.2, 0) is 14.8 Å². The van der Waals surface area contributed by atoms with E-state index < -0.39 is 15.9 Å². The van der Waals surface area contributed by atoms with Gasteiger partial charge in [0, 0.05) is 38.8 Å². The highest BCUT2D eigenvalue weighted by Gasteiger charge is 2.30. The lowest BCUT2D eigenvalue weighted by atomic mass is 10.1. The predicted molar refractivity (Wildman–Crippen MR) is 98.8 cm³/mol. The second kappa shape index (κ2) is 7.36. The van der Waals surface area contributed by atoms with Crippen LogP contribution in [0, 0.1) is 5.92 Å². The molecule has 1 N–H and O–H groups in total. The monoisotopic (exact) mass is 379 g/mol. The van der Waals surface area contributed by atoms with Gasteiger partial charge in [0.2, 0.25) is 10.0 Å². The number of hydrogen-bond donors (Lipinski definition) is 1. The van der Waals surface area contributed by atoms with Crippen LogP contribution in [0.3, 0.4) is 0 Å². The molecule has 0 unspecified atom stereocenters. The maximum atomic E-state index is 12.7. The van der Waals surface area contributed by atoms with Gasteiger partial charge >= 0.3 is 0 Å². The van der Waals surface area contributed by atoms with Crippen molar-refractivity contribution in [2.75, 3.05) is 38.6 Å². The maximum absolute atomic E-state index is 12.7. The largest absolute Gasteiger partial charge is 0.371 e. The summed E-state index contributed by atoms with van der Waals surface area (Å²) in [5.41, 5.74) is 1.02. The predicted octanol–water partition coefficient (Wildman–Crippen LogP) is 1.25. The molecule has 0 bridgehead atoms. The summed E-state index contributed by atoms with van der Waals surface area (Å²) in [6.45, 7) is 1.66. The molecule has 1 aromatic carbocycles. The Morgan fingerprint density at radius 1 is 1.19 bits per heavy atom. The first-order valence-electron chi connectivity index (χ1n) is 8.93. The minimum Gasteiger partial charge on any atom is -0.371 e. The lowest BCUT2D eigenvalue weighted by Crippen LogP contribution is -2.32. The van der Waals surface area contributed by atoms with E-state index in [1.54, 1.807) is 6.07 Å². The minimum atomic E-state index is -3.64.